The minimum absolute atomic E-state index is 1.92. The quantitative estimate of drug-likeness (QED) is 0.451. The summed E-state index contributed by atoms with van der Waals surface area (Å²) in [6.07, 6.45) is -10.1. The fourth-order valence-electron chi connectivity index (χ4n) is 0.349. The Hall–Kier alpha value is 1.02. The van der Waals surface area contributed by atoms with Crippen molar-refractivity contribution >= 4 is 47.8 Å². The Balaban J connectivity index is 4.86. The molecule has 0 saturated carbocycles. The second-order valence-electron chi connectivity index (χ2n) is 2.02. The van der Waals surface area contributed by atoms with Crippen LogP contribution in [0.3, 0.4) is 0 Å². The molecule has 13 heavy (non-hydrogen) atoms. The van der Waals surface area contributed by atoms with E-state index < -0.39 is 20.4 Å². The van der Waals surface area contributed by atoms with Crippen LogP contribution in [0, 0.1) is 0 Å². The molecular formula is C4HBr3F6. The molecule has 0 aromatic rings. The second kappa shape index (κ2) is 3.88. The van der Waals surface area contributed by atoms with E-state index in [-0.39, 0.29) is 0 Å². The van der Waals surface area contributed by atoms with Crippen LogP contribution in [0.5, 0.6) is 0 Å². The molecule has 0 saturated heterocycles. The van der Waals surface area contributed by atoms with E-state index in [0.29, 0.717) is 0 Å². The van der Waals surface area contributed by atoms with Gasteiger partial charge in [-0.1, -0.05) is 47.8 Å². The predicted molar refractivity (Wildman–Crippen MR) is 45.4 cm³/mol. The lowest BCUT2D eigenvalue weighted by atomic mass is 10.3. The standard InChI is InChI=1S/C4HBr3F6/c5-1(3(8,9)10)2(6,7)4(11,12)13/h1H. The summed E-state index contributed by atoms with van der Waals surface area (Å²) in [7, 11) is 0. The molecule has 0 aromatic carbocycles. The van der Waals surface area contributed by atoms with Crippen LogP contribution >= 0.6 is 47.8 Å². The number of halogens is 9. The highest BCUT2D eigenvalue weighted by molar-refractivity contribution is 9.26. The molecule has 0 fully saturated rings. The van der Waals surface area contributed by atoms with Crippen LogP contribution in [0.4, 0.5) is 26.3 Å². The Bertz CT molecular complexity index is 181. The molecule has 0 amide bonds. The van der Waals surface area contributed by atoms with Gasteiger partial charge < -0.3 is 0 Å². The molecule has 0 aliphatic rings. The average Bonchev–Trinajstić information content (AvgIpc) is 1.81. The number of hydrogen-bond acceptors (Lipinski definition) is 0. The first kappa shape index (κ1) is 14.0. The average molecular weight is 403 g/mol. The highest BCUT2D eigenvalue weighted by Crippen LogP contribution is 2.52. The second-order valence-corrected chi connectivity index (χ2v) is 6.51. The molecule has 0 heterocycles. The first-order valence-electron chi connectivity index (χ1n) is 2.56. The van der Waals surface area contributed by atoms with Crippen molar-refractivity contribution in [1.82, 2.24) is 0 Å². The van der Waals surface area contributed by atoms with Crippen molar-refractivity contribution in [3.05, 3.63) is 0 Å². The maximum absolute atomic E-state index is 12.0. The fourth-order valence-corrected chi connectivity index (χ4v) is 1.13. The van der Waals surface area contributed by atoms with E-state index in [1.807, 2.05) is 47.8 Å². The fraction of sp³-hybridized carbons (Fsp3) is 1.00. The lowest BCUT2D eigenvalue weighted by molar-refractivity contribution is -0.176. The van der Waals surface area contributed by atoms with Gasteiger partial charge in [-0.25, -0.2) is 0 Å². The molecule has 0 bridgehead atoms. The molecule has 0 rings (SSSR count). The van der Waals surface area contributed by atoms with Crippen molar-refractivity contribution in [2.24, 2.45) is 0 Å². The monoisotopic (exact) mass is 400 g/mol. The highest BCUT2D eigenvalue weighted by Gasteiger charge is 2.63. The molecular weight excluding hydrogens is 402 g/mol. The van der Waals surface area contributed by atoms with E-state index in [2.05, 4.69) is 0 Å². The zero-order valence-corrected chi connectivity index (χ0v) is 10.2. The Morgan fingerprint density at radius 1 is 0.846 bits per heavy atom. The van der Waals surface area contributed by atoms with Crippen molar-refractivity contribution in [3.63, 3.8) is 0 Å². The molecule has 0 nitrogen and oxygen atoms in total. The van der Waals surface area contributed by atoms with Gasteiger partial charge in [0.2, 0.25) is 0 Å². The first-order chi connectivity index (χ1) is 5.40. The van der Waals surface area contributed by atoms with E-state index in [1.165, 1.54) is 0 Å². The van der Waals surface area contributed by atoms with Crippen LogP contribution in [-0.4, -0.2) is 20.4 Å². The van der Waals surface area contributed by atoms with Gasteiger partial charge >= 0.3 is 12.4 Å². The maximum Gasteiger partial charge on any atom is 0.414 e. The molecule has 0 aromatic heterocycles. The summed E-state index contributed by atoms with van der Waals surface area (Å²) < 4.78 is 68.4. The van der Waals surface area contributed by atoms with Gasteiger partial charge in [-0.3, -0.25) is 0 Å². The first-order valence-corrected chi connectivity index (χ1v) is 5.06. The van der Waals surface area contributed by atoms with Crippen molar-refractivity contribution in [2.75, 3.05) is 0 Å². The number of hydrogen-bond donors (Lipinski definition) is 0. The Labute approximate surface area is 94.4 Å². The van der Waals surface area contributed by atoms with Crippen molar-refractivity contribution in [3.8, 4) is 0 Å². The van der Waals surface area contributed by atoms with Gasteiger partial charge in [0.15, 0.2) is 3.23 Å². The normalized spacial score (nSPS) is 17.3. The molecule has 0 aliphatic heterocycles. The van der Waals surface area contributed by atoms with Gasteiger partial charge in [0, 0.05) is 0 Å². The van der Waals surface area contributed by atoms with Gasteiger partial charge in [-0.2, -0.15) is 26.3 Å². The molecule has 9 heteroatoms. The third-order valence-corrected chi connectivity index (χ3v) is 5.23. The van der Waals surface area contributed by atoms with Crippen LogP contribution in [0.1, 0.15) is 0 Å². The van der Waals surface area contributed by atoms with E-state index in [1.54, 1.807) is 0 Å². The Morgan fingerprint density at radius 3 is 1.23 bits per heavy atom. The smallest absolute Gasteiger partial charge is 0.170 e. The summed E-state index contributed by atoms with van der Waals surface area (Å²) in [6.45, 7) is 0. The van der Waals surface area contributed by atoms with Gasteiger partial charge in [-0.05, 0) is 0 Å². The third-order valence-electron chi connectivity index (χ3n) is 0.984. The molecule has 1 atom stereocenters. The Kier molecular flexibility index (Phi) is 4.18. The molecule has 0 radical (unpaired) electrons. The van der Waals surface area contributed by atoms with Gasteiger partial charge in [0.1, 0.15) is 4.83 Å². The van der Waals surface area contributed by atoms with Crippen LogP contribution in [0.15, 0.2) is 0 Å². The SMILES string of the molecule is FC(F)(F)C(Br)C(Br)(Br)C(F)(F)F. The zero-order chi connectivity index (χ0) is 11.1. The van der Waals surface area contributed by atoms with Crippen LogP contribution in [0.2, 0.25) is 0 Å². The number of alkyl halides is 9. The molecule has 1 unspecified atom stereocenters. The van der Waals surface area contributed by atoms with Crippen LogP contribution < -0.4 is 0 Å². The Morgan fingerprint density at radius 2 is 1.15 bits per heavy atom. The van der Waals surface area contributed by atoms with E-state index in [9.17, 15) is 26.3 Å². The highest BCUT2D eigenvalue weighted by atomic mass is 79.9. The summed E-state index contributed by atoms with van der Waals surface area (Å²) in [5, 5.41) is 0. The maximum atomic E-state index is 12.0. The van der Waals surface area contributed by atoms with Crippen molar-refractivity contribution < 1.29 is 26.3 Å². The molecule has 0 aliphatic carbocycles. The van der Waals surface area contributed by atoms with E-state index in [0.717, 1.165) is 0 Å². The largest absolute Gasteiger partial charge is 0.414 e. The lowest BCUT2D eigenvalue weighted by Crippen LogP contribution is -2.48. The summed E-state index contributed by atoms with van der Waals surface area (Å²) in [5.74, 6) is 0. The van der Waals surface area contributed by atoms with E-state index >= 15 is 0 Å². The summed E-state index contributed by atoms with van der Waals surface area (Å²) >= 11 is 5.77. The summed E-state index contributed by atoms with van der Waals surface area (Å²) in [5.41, 5.74) is 0. The minimum atomic E-state index is -5.06. The summed E-state index contributed by atoms with van der Waals surface area (Å²) in [6, 6.07) is 0. The molecule has 80 valence electrons. The van der Waals surface area contributed by atoms with Crippen molar-refractivity contribution in [2.45, 2.75) is 20.4 Å². The molecule has 0 N–H and O–H groups in total. The molecule has 0 spiro atoms. The van der Waals surface area contributed by atoms with Gasteiger partial charge in [-0.15, -0.1) is 0 Å². The topological polar surface area (TPSA) is 0 Å². The van der Waals surface area contributed by atoms with Crippen LogP contribution in [0.25, 0.3) is 0 Å². The third kappa shape index (κ3) is 3.26. The van der Waals surface area contributed by atoms with Crippen LogP contribution in [-0.2, 0) is 0 Å². The predicted octanol–water partition coefficient (Wildman–Crippen LogP) is 4.36. The van der Waals surface area contributed by atoms with E-state index in [4.69, 9.17) is 0 Å². The summed E-state index contributed by atoms with van der Waals surface area (Å²) in [4.78, 5) is -2.76. The minimum Gasteiger partial charge on any atom is -0.170 e. The number of rotatable bonds is 1. The van der Waals surface area contributed by atoms with Gasteiger partial charge in [0.05, 0.1) is 0 Å². The van der Waals surface area contributed by atoms with Crippen molar-refractivity contribution in [1.29, 1.82) is 0 Å². The lowest BCUT2D eigenvalue weighted by Gasteiger charge is -2.29. The van der Waals surface area contributed by atoms with Gasteiger partial charge in [0.25, 0.3) is 0 Å². The zero-order valence-electron chi connectivity index (χ0n) is 5.48.